The molecule has 0 aliphatic heterocycles. The molecule has 0 saturated heterocycles. The van der Waals surface area contributed by atoms with Gasteiger partial charge in [-0.1, -0.05) is 20.3 Å². The minimum atomic E-state index is -0.345. The molecule has 0 spiro atoms. The number of rotatable bonds is 4. The zero-order valence-electron chi connectivity index (χ0n) is 18.0. The predicted molar refractivity (Wildman–Crippen MR) is 107 cm³/mol. The fraction of sp³-hybridized carbons (Fsp3) is 0.917. The van der Waals surface area contributed by atoms with E-state index in [1.54, 1.807) is 0 Å². The van der Waals surface area contributed by atoms with Crippen molar-refractivity contribution < 1.29 is 19.1 Å². The predicted octanol–water partition coefficient (Wildman–Crippen LogP) is 5.28. The van der Waals surface area contributed by atoms with Crippen LogP contribution in [0.15, 0.2) is 0 Å². The lowest BCUT2D eigenvalue weighted by Crippen LogP contribution is -2.53. The van der Waals surface area contributed by atoms with Crippen molar-refractivity contribution in [2.45, 2.75) is 97.0 Å². The van der Waals surface area contributed by atoms with Gasteiger partial charge >= 0.3 is 11.9 Å². The van der Waals surface area contributed by atoms with Gasteiger partial charge < -0.3 is 9.47 Å². The van der Waals surface area contributed by atoms with E-state index in [-0.39, 0.29) is 30.9 Å². The molecule has 4 heteroatoms. The van der Waals surface area contributed by atoms with Crippen molar-refractivity contribution in [2.75, 3.05) is 7.11 Å². The van der Waals surface area contributed by atoms with Crippen LogP contribution in [0.2, 0.25) is 0 Å². The number of hydrogen-bond acceptors (Lipinski definition) is 4. The van der Waals surface area contributed by atoms with Crippen LogP contribution in [0, 0.1) is 34.5 Å². The van der Waals surface area contributed by atoms with E-state index < -0.39 is 0 Å². The average Bonchev–Trinajstić information content (AvgIpc) is 3.08. The summed E-state index contributed by atoms with van der Waals surface area (Å²) in [5, 5.41) is 0. The second-order valence-electron chi connectivity index (χ2n) is 10.7. The third-order valence-electron chi connectivity index (χ3n) is 9.46. The Hall–Kier alpha value is -1.06. The number of methoxy groups -OCH3 is 1. The van der Waals surface area contributed by atoms with Crippen LogP contribution in [0.1, 0.15) is 90.9 Å². The van der Waals surface area contributed by atoms with E-state index in [9.17, 15) is 9.59 Å². The first kappa shape index (κ1) is 20.2. The molecule has 0 N–H and O–H groups in total. The average molecular weight is 391 g/mol. The molecule has 28 heavy (non-hydrogen) atoms. The van der Waals surface area contributed by atoms with E-state index in [0.717, 1.165) is 30.6 Å². The first-order chi connectivity index (χ1) is 13.4. The summed E-state index contributed by atoms with van der Waals surface area (Å²) in [6, 6.07) is 0. The molecular formula is C24H38O4. The highest BCUT2D eigenvalue weighted by Gasteiger charge is 2.58. The van der Waals surface area contributed by atoms with Crippen LogP contribution in [0.25, 0.3) is 0 Å². The number of carbonyl (C=O) groups is 2. The Kier molecular flexibility index (Phi) is 5.52. The standard InChI is InChI=1S/C24H38O4/c1-23-12-4-5-19(23)18-7-6-16-15-17(28-22(26)9-8-21(25)27-3)10-14-24(16,2)20(18)11-13-23/h16-20H,4-15H2,1-3H3. The number of ether oxygens (including phenoxy) is 2. The zero-order valence-corrected chi connectivity index (χ0v) is 18.0. The van der Waals surface area contributed by atoms with E-state index in [4.69, 9.17) is 4.74 Å². The van der Waals surface area contributed by atoms with Gasteiger partial charge in [-0.25, -0.2) is 0 Å². The van der Waals surface area contributed by atoms with Gasteiger partial charge in [-0.15, -0.1) is 0 Å². The van der Waals surface area contributed by atoms with Crippen molar-refractivity contribution >= 4 is 11.9 Å². The summed E-state index contributed by atoms with van der Waals surface area (Å²) in [7, 11) is 1.35. The van der Waals surface area contributed by atoms with Gasteiger partial charge in [-0.05, 0) is 92.3 Å². The first-order valence-electron chi connectivity index (χ1n) is 11.6. The first-order valence-corrected chi connectivity index (χ1v) is 11.6. The molecule has 4 aliphatic carbocycles. The molecule has 4 fully saturated rings. The Morgan fingerprint density at radius 3 is 2.46 bits per heavy atom. The Labute approximate surface area is 170 Å². The van der Waals surface area contributed by atoms with Crippen LogP contribution in [0.5, 0.6) is 0 Å². The third-order valence-corrected chi connectivity index (χ3v) is 9.46. The van der Waals surface area contributed by atoms with Crippen molar-refractivity contribution in [3.05, 3.63) is 0 Å². The van der Waals surface area contributed by atoms with E-state index in [2.05, 4.69) is 18.6 Å². The Balaban J connectivity index is 1.37. The normalized spacial score (nSPS) is 44.8. The number of carbonyl (C=O) groups excluding carboxylic acids is 2. The maximum Gasteiger partial charge on any atom is 0.306 e. The molecule has 0 radical (unpaired) electrons. The summed E-state index contributed by atoms with van der Waals surface area (Å²) in [4.78, 5) is 23.4. The van der Waals surface area contributed by atoms with Gasteiger partial charge in [-0.2, -0.15) is 0 Å². The van der Waals surface area contributed by atoms with Crippen LogP contribution >= 0.6 is 0 Å². The van der Waals surface area contributed by atoms with Crippen molar-refractivity contribution in [1.29, 1.82) is 0 Å². The number of fused-ring (bicyclic) bond motifs is 5. The highest BCUT2D eigenvalue weighted by molar-refractivity contribution is 5.77. The molecule has 4 aliphatic rings. The summed E-state index contributed by atoms with van der Waals surface area (Å²) in [6.07, 6.45) is 13.4. The monoisotopic (exact) mass is 390 g/mol. The largest absolute Gasteiger partial charge is 0.469 e. The quantitative estimate of drug-likeness (QED) is 0.613. The maximum absolute atomic E-state index is 12.1. The van der Waals surface area contributed by atoms with Crippen LogP contribution in [0.3, 0.4) is 0 Å². The van der Waals surface area contributed by atoms with Gasteiger partial charge in [0.2, 0.25) is 0 Å². The SMILES string of the molecule is COC(=O)CCC(=O)OC1CCC2(C)C(CCC3C4CCCC4(C)CCC32)C1. The van der Waals surface area contributed by atoms with Crippen LogP contribution in [-0.4, -0.2) is 25.2 Å². The van der Waals surface area contributed by atoms with E-state index in [1.165, 1.54) is 58.5 Å². The van der Waals surface area contributed by atoms with Crippen molar-refractivity contribution in [2.24, 2.45) is 34.5 Å². The summed E-state index contributed by atoms with van der Waals surface area (Å²) in [5.41, 5.74) is 1.05. The minimum absolute atomic E-state index is 0.0418. The molecule has 0 amide bonds. The molecule has 7 unspecified atom stereocenters. The van der Waals surface area contributed by atoms with Crippen LogP contribution < -0.4 is 0 Å². The summed E-state index contributed by atoms with van der Waals surface area (Å²) in [6.45, 7) is 5.13. The third kappa shape index (κ3) is 3.50. The molecule has 4 rings (SSSR count). The highest BCUT2D eigenvalue weighted by atomic mass is 16.5. The van der Waals surface area contributed by atoms with Crippen LogP contribution in [0.4, 0.5) is 0 Å². The lowest BCUT2D eigenvalue weighted by molar-refractivity contribution is -0.163. The summed E-state index contributed by atoms with van der Waals surface area (Å²) < 4.78 is 10.4. The van der Waals surface area contributed by atoms with Gasteiger partial charge in [-0.3, -0.25) is 9.59 Å². The van der Waals surface area contributed by atoms with Crippen molar-refractivity contribution in [3.63, 3.8) is 0 Å². The van der Waals surface area contributed by atoms with Gasteiger partial charge in [0.15, 0.2) is 0 Å². The molecule has 0 aromatic rings. The van der Waals surface area contributed by atoms with Crippen LogP contribution in [-0.2, 0) is 19.1 Å². The summed E-state index contributed by atoms with van der Waals surface area (Å²) in [5.74, 6) is 2.86. The molecule has 0 aromatic carbocycles. The maximum atomic E-state index is 12.1. The van der Waals surface area contributed by atoms with Gasteiger partial charge in [0.05, 0.1) is 20.0 Å². The molecule has 4 saturated carbocycles. The smallest absolute Gasteiger partial charge is 0.306 e. The Morgan fingerprint density at radius 2 is 1.68 bits per heavy atom. The molecule has 0 heterocycles. The minimum Gasteiger partial charge on any atom is -0.469 e. The fourth-order valence-corrected chi connectivity index (χ4v) is 7.87. The second-order valence-corrected chi connectivity index (χ2v) is 10.7. The lowest BCUT2D eigenvalue weighted by atomic mass is 9.45. The molecule has 158 valence electrons. The molecular weight excluding hydrogens is 352 g/mol. The fourth-order valence-electron chi connectivity index (χ4n) is 7.87. The van der Waals surface area contributed by atoms with Crippen molar-refractivity contribution in [1.82, 2.24) is 0 Å². The number of esters is 2. The van der Waals surface area contributed by atoms with Gasteiger partial charge in [0.1, 0.15) is 6.10 Å². The topological polar surface area (TPSA) is 52.6 Å². The van der Waals surface area contributed by atoms with Gasteiger partial charge in [0, 0.05) is 0 Å². The molecule has 7 atom stereocenters. The zero-order chi connectivity index (χ0) is 19.9. The van der Waals surface area contributed by atoms with Crippen molar-refractivity contribution in [3.8, 4) is 0 Å². The second kappa shape index (κ2) is 7.65. The lowest BCUT2D eigenvalue weighted by Gasteiger charge is -2.60. The summed E-state index contributed by atoms with van der Waals surface area (Å²) >= 11 is 0. The van der Waals surface area contributed by atoms with E-state index >= 15 is 0 Å². The highest BCUT2D eigenvalue weighted by Crippen LogP contribution is 2.66. The van der Waals surface area contributed by atoms with Gasteiger partial charge in [0.25, 0.3) is 0 Å². The van der Waals surface area contributed by atoms with E-state index in [0.29, 0.717) is 16.7 Å². The molecule has 0 bridgehead atoms. The molecule has 4 nitrogen and oxygen atoms in total. The Bertz CT molecular complexity index is 616. The molecule has 0 aromatic heterocycles. The number of hydrogen-bond donors (Lipinski definition) is 0. The van der Waals surface area contributed by atoms with E-state index in [1.807, 2.05) is 0 Å². The Morgan fingerprint density at radius 1 is 0.893 bits per heavy atom.